The Kier molecular flexibility index (Phi) is 5.60. The zero-order valence-corrected chi connectivity index (χ0v) is 14.3. The van der Waals surface area contributed by atoms with Crippen LogP contribution in [-0.2, 0) is 17.3 Å². The van der Waals surface area contributed by atoms with Gasteiger partial charge in [-0.1, -0.05) is 13.8 Å². The van der Waals surface area contributed by atoms with Crippen molar-refractivity contribution in [2.24, 2.45) is 7.05 Å². The molecule has 1 aliphatic heterocycles. The van der Waals surface area contributed by atoms with Gasteiger partial charge in [0.15, 0.2) is 0 Å². The molecular formula is C14H26N4O3S. The molecule has 2 atom stereocenters. The van der Waals surface area contributed by atoms with Crippen LogP contribution >= 0.6 is 0 Å². The topological polar surface area (TPSA) is 78.7 Å². The fourth-order valence-electron chi connectivity index (χ4n) is 3.05. The van der Waals surface area contributed by atoms with Crippen molar-refractivity contribution in [1.29, 1.82) is 0 Å². The summed E-state index contributed by atoms with van der Waals surface area (Å²) in [7, 11) is -1.64. The van der Waals surface area contributed by atoms with E-state index < -0.39 is 16.3 Å². The Bertz CT molecular complexity index is 583. The minimum absolute atomic E-state index is 0.152. The van der Waals surface area contributed by atoms with Gasteiger partial charge < -0.3 is 5.11 Å². The van der Waals surface area contributed by atoms with Crippen molar-refractivity contribution in [3.05, 3.63) is 18.0 Å². The van der Waals surface area contributed by atoms with Gasteiger partial charge in [-0.05, 0) is 19.3 Å². The van der Waals surface area contributed by atoms with E-state index in [4.69, 9.17) is 0 Å². The van der Waals surface area contributed by atoms with Gasteiger partial charge in [0.25, 0.3) is 10.2 Å². The van der Waals surface area contributed by atoms with Crippen LogP contribution in [0.2, 0.25) is 0 Å². The van der Waals surface area contributed by atoms with Gasteiger partial charge in [-0.2, -0.15) is 22.1 Å². The van der Waals surface area contributed by atoms with Crippen LogP contribution in [0.15, 0.2) is 12.4 Å². The van der Waals surface area contributed by atoms with Crippen molar-refractivity contribution in [3.63, 3.8) is 0 Å². The second kappa shape index (κ2) is 7.08. The number of rotatable bonds is 7. The molecule has 1 aromatic rings. The zero-order valence-electron chi connectivity index (χ0n) is 13.5. The molecule has 0 aliphatic carbocycles. The van der Waals surface area contributed by atoms with E-state index in [-0.39, 0.29) is 6.04 Å². The summed E-state index contributed by atoms with van der Waals surface area (Å²) in [6.45, 7) is 5.15. The molecule has 0 spiro atoms. The smallest absolute Gasteiger partial charge is 0.282 e. The lowest BCUT2D eigenvalue weighted by Crippen LogP contribution is -2.46. The molecule has 8 heteroatoms. The van der Waals surface area contributed by atoms with Crippen molar-refractivity contribution in [2.45, 2.75) is 45.3 Å². The molecule has 0 saturated carbocycles. The van der Waals surface area contributed by atoms with Crippen LogP contribution in [0.4, 0.5) is 0 Å². The molecule has 22 heavy (non-hydrogen) atoms. The molecule has 2 heterocycles. The fourth-order valence-corrected chi connectivity index (χ4v) is 4.93. The van der Waals surface area contributed by atoms with Gasteiger partial charge in [0, 0.05) is 44.5 Å². The van der Waals surface area contributed by atoms with Crippen molar-refractivity contribution < 1.29 is 13.5 Å². The molecule has 126 valence electrons. The van der Waals surface area contributed by atoms with E-state index in [1.54, 1.807) is 28.4 Å². The van der Waals surface area contributed by atoms with Crippen LogP contribution < -0.4 is 0 Å². The minimum Gasteiger partial charge on any atom is -0.388 e. The maximum Gasteiger partial charge on any atom is 0.282 e. The van der Waals surface area contributed by atoms with Crippen LogP contribution in [0.3, 0.4) is 0 Å². The van der Waals surface area contributed by atoms with Gasteiger partial charge in [-0.25, -0.2) is 0 Å². The summed E-state index contributed by atoms with van der Waals surface area (Å²) < 4.78 is 30.0. The molecular weight excluding hydrogens is 304 g/mol. The molecule has 2 unspecified atom stereocenters. The first kappa shape index (κ1) is 17.4. The highest BCUT2D eigenvalue weighted by molar-refractivity contribution is 7.86. The number of hydrogen-bond acceptors (Lipinski definition) is 4. The quantitative estimate of drug-likeness (QED) is 0.805. The third-order valence-corrected chi connectivity index (χ3v) is 6.50. The molecule has 0 bridgehead atoms. The second-order valence-corrected chi connectivity index (χ2v) is 7.58. The van der Waals surface area contributed by atoms with E-state index in [9.17, 15) is 13.5 Å². The molecule has 1 aromatic heterocycles. The summed E-state index contributed by atoms with van der Waals surface area (Å²) in [4.78, 5) is 0. The lowest BCUT2D eigenvalue weighted by molar-refractivity contribution is 0.140. The van der Waals surface area contributed by atoms with Crippen molar-refractivity contribution in [3.8, 4) is 0 Å². The summed E-state index contributed by atoms with van der Waals surface area (Å²) in [5.41, 5.74) is 0.731. The first-order chi connectivity index (χ1) is 10.4. The largest absolute Gasteiger partial charge is 0.388 e. The van der Waals surface area contributed by atoms with E-state index in [0.717, 1.165) is 18.4 Å². The van der Waals surface area contributed by atoms with Gasteiger partial charge in [0.05, 0.1) is 12.3 Å². The number of aliphatic hydroxyl groups excluding tert-OH is 1. The zero-order chi connectivity index (χ0) is 16.3. The highest BCUT2D eigenvalue weighted by Gasteiger charge is 2.38. The predicted molar refractivity (Wildman–Crippen MR) is 84.4 cm³/mol. The Balaban J connectivity index is 2.10. The van der Waals surface area contributed by atoms with Crippen LogP contribution in [0, 0.1) is 0 Å². The van der Waals surface area contributed by atoms with Crippen molar-refractivity contribution in [2.75, 3.05) is 19.6 Å². The first-order valence-corrected chi connectivity index (χ1v) is 9.23. The fraction of sp³-hybridized carbons (Fsp3) is 0.786. The molecule has 7 nitrogen and oxygen atoms in total. The Hall–Kier alpha value is -0.960. The summed E-state index contributed by atoms with van der Waals surface area (Å²) in [5, 5.41) is 14.4. The van der Waals surface area contributed by atoms with Crippen LogP contribution in [-0.4, -0.2) is 57.6 Å². The third kappa shape index (κ3) is 3.51. The lowest BCUT2D eigenvalue weighted by Gasteiger charge is -2.30. The van der Waals surface area contributed by atoms with E-state index in [1.165, 1.54) is 4.31 Å². The van der Waals surface area contributed by atoms with Crippen LogP contribution in [0.5, 0.6) is 0 Å². The van der Waals surface area contributed by atoms with Gasteiger partial charge in [-0.15, -0.1) is 0 Å². The Morgan fingerprint density at radius 3 is 2.68 bits per heavy atom. The highest BCUT2D eigenvalue weighted by atomic mass is 32.2. The molecule has 1 aliphatic rings. The van der Waals surface area contributed by atoms with Crippen LogP contribution in [0.1, 0.15) is 44.8 Å². The van der Waals surface area contributed by atoms with Gasteiger partial charge in [-0.3, -0.25) is 4.68 Å². The summed E-state index contributed by atoms with van der Waals surface area (Å²) >= 11 is 0. The molecule has 2 rings (SSSR count). The predicted octanol–water partition coefficient (Wildman–Crippen LogP) is 0.895. The highest BCUT2D eigenvalue weighted by Crippen LogP contribution is 2.30. The minimum atomic E-state index is -3.44. The standard InChI is InChI=1S/C14H26N4O3S/c1-4-17(5-2)22(20,21)18-8-6-7-13(18)9-14(19)12-10-15-16(3)11-12/h10-11,13-14,19H,4-9H2,1-3H3. The maximum absolute atomic E-state index is 12.7. The molecule has 0 aromatic carbocycles. The number of nitrogens with zero attached hydrogens (tertiary/aromatic N) is 4. The monoisotopic (exact) mass is 330 g/mol. The van der Waals surface area contributed by atoms with Gasteiger partial charge in [0.1, 0.15) is 0 Å². The van der Waals surface area contributed by atoms with Crippen molar-refractivity contribution >= 4 is 10.2 Å². The molecule has 0 radical (unpaired) electrons. The lowest BCUT2D eigenvalue weighted by atomic mass is 10.0. The second-order valence-electron chi connectivity index (χ2n) is 5.70. The average Bonchev–Trinajstić information content (AvgIpc) is 3.09. The number of aryl methyl sites for hydroxylation is 1. The summed E-state index contributed by atoms with van der Waals surface area (Å²) in [5.74, 6) is 0. The number of aliphatic hydroxyl groups is 1. The number of aromatic nitrogens is 2. The molecule has 1 saturated heterocycles. The van der Waals surface area contributed by atoms with E-state index in [1.807, 2.05) is 13.8 Å². The molecule has 0 amide bonds. The maximum atomic E-state index is 12.7. The normalized spacial score (nSPS) is 21.6. The van der Waals surface area contributed by atoms with E-state index >= 15 is 0 Å². The van der Waals surface area contributed by atoms with Gasteiger partial charge >= 0.3 is 0 Å². The van der Waals surface area contributed by atoms with Crippen LogP contribution in [0.25, 0.3) is 0 Å². The Morgan fingerprint density at radius 1 is 1.45 bits per heavy atom. The Labute approximate surface area is 132 Å². The Morgan fingerprint density at radius 2 is 2.14 bits per heavy atom. The molecule has 1 fully saturated rings. The van der Waals surface area contributed by atoms with E-state index in [0.29, 0.717) is 26.1 Å². The first-order valence-electron chi connectivity index (χ1n) is 7.83. The third-order valence-electron chi connectivity index (χ3n) is 4.26. The SMILES string of the molecule is CCN(CC)S(=O)(=O)N1CCCC1CC(O)c1cnn(C)c1. The average molecular weight is 330 g/mol. The summed E-state index contributed by atoms with van der Waals surface area (Å²) in [6, 6.07) is -0.152. The van der Waals surface area contributed by atoms with Crippen molar-refractivity contribution in [1.82, 2.24) is 18.4 Å². The number of hydrogen-bond donors (Lipinski definition) is 1. The molecule has 1 N–H and O–H groups in total. The summed E-state index contributed by atoms with van der Waals surface area (Å²) in [6.07, 6.45) is 4.74. The van der Waals surface area contributed by atoms with E-state index in [2.05, 4.69) is 5.10 Å². The van der Waals surface area contributed by atoms with Gasteiger partial charge in [0.2, 0.25) is 0 Å².